The predicted molar refractivity (Wildman–Crippen MR) is 81.1 cm³/mol. The molecule has 0 radical (unpaired) electrons. The van der Waals surface area contributed by atoms with Crippen molar-refractivity contribution in [3.63, 3.8) is 0 Å². The quantitative estimate of drug-likeness (QED) is 0.890. The summed E-state index contributed by atoms with van der Waals surface area (Å²) in [5.41, 5.74) is 6.43. The van der Waals surface area contributed by atoms with Crippen molar-refractivity contribution in [2.75, 3.05) is 5.73 Å². The molecule has 2 unspecified atom stereocenters. The van der Waals surface area contributed by atoms with Gasteiger partial charge in [-0.25, -0.2) is 0 Å². The fraction of sp³-hybridized carbons (Fsp3) is 0.688. The van der Waals surface area contributed by atoms with Gasteiger partial charge < -0.3 is 15.2 Å². The molecule has 1 aliphatic rings. The van der Waals surface area contributed by atoms with E-state index in [4.69, 9.17) is 15.2 Å². The Morgan fingerprint density at radius 1 is 1.35 bits per heavy atom. The zero-order valence-electron chi connectivity index (χ0n) is 12.8. The van der Waals surface area contributed by atoms with Crippen molar-refractivity contribution in [2.24, 2.45) is 5.92 Å². The average Bonchev–Trinajstić information content (AvgIpc) is 2.42. The molecule has 0 saturated heterocycles. The van der Waals surface area contributed by atoms with Gasteiger partial charge in [-0.15, -0.1) is 0 Å². The van der Waals surface area contributed by atoms with Crippen molar-refractivity contribution >= 4 is 5.69 Å². The number of rotatable bonds is 5. The Morgan fingerprint density at radius 2 is 2.15 bits per heavy atom. The first-order valence-corrected chi connectivity index (χ1v) is 7.68. The highest BCUT2D eigenvalue weighted by Crippen LogP contribution is 2.30. The minimum atomic E-state index is 0.0548. The third-order valence-electron chi connectivity index (χ3n) is 3.81. The topological polar surface area (TPSA) is 57.4 Å². The Labute approximate surface area is 121 Å². The minimum absolute atomic E-state index is 0.0548. The van der Waals surface area contributed by atoms with Crippen molar-refractivity contribution in [1.29, 1.82) is 0 Å². The van der Waals surface area contributed by atoms with Gasteiger partial charge in [-0.3, -0.25) is 0 Å². The molecule has 2 rings (SSSR count). The molecular weight excluding hydrogens is 252 g/mol. The first-order valence-electron chi connectivity index (χ1n) is 7.68. The summed E-state index contributed by atoms with van der Waals surface area (Å²) in [5.74, 6) is 1.88. The minimum Gasteiger partial charge on any atom is -0.474 e. The molecule has 0 aliphatic heterocycles. The molecule has 20 heavy (non-hydrogen) atoms. The highest BCUT2D eigenvalue weighted by atomic mass is 16.5. The lowest BCUT2D eigenvalue weighted by Gasteiger charge is -2.28. The third-order valence-corrected chi connectivity index (χ3v) is 3.81. The fourth-order valence-corrected chi connectivity index (χ4v) is 2.71. The molecule has 2 atom stereocenters. The molecule has 4 nitrogen and oxygen atoms in total. The van der Waals surface area contributed by atoms with Gasteiger partial charge in [0.25, 0.3) is 0 Å². The zero-order chi connectivity index (χ0) is 14.5. The van der Waals surface area contributed by atoms with Crippen LogP contribution in [0.2, 0.25) is 0 Å². The van der Waals surface area contributed by atoms with Crippen molar-refractivity contribution in [3.05, 3.63) is 12.1 Å². The zero-order valence-corrected chi connectivity index (χ0v) is 12.8. The second-order valence-electron chi connectivity index (χ2n) is 5.89. The summed E-state index contributed by atoms with van der Waals surface area (Å²) < 4.78 is 11.6. The van der Waals surface area contributed by atoms with E-state index in [-0.39, 0.29) is 12.2 Å². The number of anilines is 1. The van der Waals surface area contributed by atoms with E-state index >= 15 is 0 Å². The number of nitrogens with two attached hydrogens (primary N) is 1. The molecule has 1 aromatic rings. The van der Waals surface area contributed by atoms with Gasteiger partial charge in [-0.05, 0) is 45.1 Å². The van der Waals surface area contributed by atoms with E-state index in [2.05, 4.69) is 11.9 Å². The van der Waals surface area contributed by atoms with Crippen molar-refractivity contribution in [3.8, 4) is 11.8 Å². The number of ether oxygens (including phenoxy) is 2. The third kappa shape index (κ3) is 4.02. The molecule has 1 aromatic heterocycles. The van der Waals surface area contributed by atoms with E-state index in [9.17, 15) is 0 Å². The summed E-state index contributed by atoms with van der Waals surface area (Å²) >= 11 is 0. The fourth-order valence-electron chi connectivity index (χ4n) is 2.71. The molecule has 2 N–H and O–H groups in total. The van der Waals surface area contributed by atoms with Crippen LogP contribution in [0.1, 0.15) is 52.9 Å². The van der Waals surface area contributed by atoms with E-state index in [1.165, 1.54) is 19.3 Å². The summed E-state index contributed by atoms with van der Waals surface area (Å²) in [7, 11) is 0. The van der Waals surface area contributed by atoms with Gasteiger partial charge in [0.1, 0.15) is 6.10 Å². The standard InChI is InChI=1S/C16H26N2O2/c1-4-12-6-5-7-13(10-12)20-15-9-8-14(17)16(18-15)19-11(2)3/h8-9,11-13H,4-7,10,17H2,1-3H3. The Morgan fingerprint density at radius 3 is 2.85 bits per heavy atom. The number of pyridine rings is 1. The van der Waals surface area contributed by atoms with E-state index < -0.39 is 0 Å². The lowest BCUT2D eigenvalue weighted by atomic mass is 9.85. The van der Waals surface area contributed by atoms with Gasteiger partial charge in [0.05, 0.1) is 11.8 Å². The molecular formula is C16H26N2O2. The lowest BCUT2D eigenvalue weighted by molar-refractivity contribution is 0.115. The lowest BCUT2D eigenvalue weighted by Crippen LogP contribution is -2.25. The molecule has 0 amide bonds. The molecule has 1 fully saturated rings. The van der Waals surface area contributed by atoms with E-state index in [0.29, 0.717) is 17.4 Å². The van der Waals surface area contributed by atoms with E-state index in [0.717, 1.165) is 18.8 Å². The SMILES string of the molecule is CCC1CCCC(Oc2ccc(N)c(OC(C)C)n2)C1. The van der Waals surface area contributed by atoms with Gasteiger partial charge >= 0.3 is 0 Å². The molecule has 1 heterocycles. The second kappa shape index (κ2) is 6.82. The van der Waals surface area contributed by atoms with Gasteiger partial charge in [-0.2, -0.15) is 4.98 Å². The summed E-state index contributed by atoms with van der Waals surface area (Å²) in [6.07, 6.45) is 6.37. The van der Waals surface area contributed by atoms with Crippen molar-refractivity contribution < 1.29 is 9.47 Å². The largest absolute Gasteiger partial charge is 0.474 e. The number of nitrogen functional groups attached to an aromatic ring is 1. The van der Waals surface area contributed by atoms with Gasteiger partial charge in [0.15, 0.2) is 0 Å². The number of hydrogen-bond acceptors (Lipinski definition) is 4. The maximum absolute atomic E-state index is 6.02. The molecule has 4 heteroatoms. The Hall–Kier alpha value is -1.45. The van der Waals surface area contributed by atoms with Crippen LogP contribution in [0, 0.1) is 5.92 Å². The predicted octanol–water partition coefficient (Wildman–Crippen LogP) is 3.80. The van der Waals surface area contributed by atoms with Crippen molar-refractivity contribution in [2.45, 2.75) is 65.1 Å². The molecule has 0 bridgehead atoms. The smallest absolute Gasteiger partial charge is 0.240 e. The van der Waals surface area contributed by atoms with Crippen LogP contribution in [0.3, 0.4) is 0 Å². The normalized spacial score (nSPS) is 22.8. The maximum atomic E-state index is 6.02. The Kier molecular flexibility index (Phi) is 5.10. The van der Waals surface area contributed by atoms with Crippen LogP contribution in [-0.2, 0) is 0 Å². The highest BCUT2D eigenvalue weighted by Gasteiger charge is 2.22. The number of aromatic nitrogens is 1. The first kappa shape index (κ1) is 14.9. The maximum Gasteiger partial charge on any atom is 0.240 e. The summed E-state index contributed by atoms with van der Waals surface area (Å²) in [6.45, 7) is 6.17. The number of hydrogen-bond donors (Lipinski definition) is 1. The Balaban J connectivity index is 2.02. The second-order valence-corrected chi connectivity index (χ2v) is 5.89. The molecule has 0 spiro atoms. The highest BCUT2D eigenvalue weighted by molar-refractivity contribution is 5.49. The van der Waals surface area contributed by atoms with Crippen LogP contribution in [-0.4, -0.2) is 17.2 Å². The molecule has 1 aliphatic carbocycles. The molecule has 112 valence electrons. The van der Waals surface area contributed by atoms with Crippen LogP contribution < -0.4 is 15.2 Å². The van der Waals surface area contributed by atoms with Crippen molar-refractivity contribution in [1.82, 2.24) is 4.98 Å². The molecule has 0 aromatic carbocycles. The van der Waals surface area contributed by atoms with E-state index in [1.807, 2.05) is 19.9 Å². The van der Waals surface area contributed by atoms with Gasteiger partial charge in [0.2, 0.25) is 11.8 Å². The van der Waals surface area contributed by atoms with Crippen LogP contribution in [0.5, 0.6) is 11.8 Å². The van der Waals surface area contributed by atoms with Crippen LogP contribution in [0.15, 0.2) is 12.1 Å². The van der Waals surface area contributed by atoms with Gasteiger partial charge in [0, 0.05) is 6.07 Å². The average molecular weight is 278 g/mol. The molecule has 1 saturated carbocycles. The Bertz CT molecular complexity index is 434. The van der Waals surface area contributed by atoms with Crippen LogP contribution in [0.25, 0.3) is 0 Å². The number of nitrogens with zero attached hydrogens (tertiary/aromatic N) is 1. The summed E-state index contributed by atoms with van der Waals surface area (Å²) in [4.78, 5) is 4.39. The summed E-state index contributed by atoms with van der Waals surface area (Å²) in [5, 5.41) is 0. The summed E-state index contributed by atoms with van der Waals surface area (Å²) in [6, 6.07) is 3.64. The van der Waals surface area contributed by atoms with Gasteiger partial charge in [-0.1, -0.05) is 19.8 Å². The first-order chi connectivity index (χ1) is 9.58. The van der Waals surface area contributed by atoms with Crippen LogP contribution >= 0.6 is 0 Å². The van der Waals surface area contributed by atoms with Crippen LogP contribution in [0.4, 0.5) is 5.69 Å². The van der Waals surface area contributed by atoms with E-state index in [1.54, 1.807) is 6.07 Å². The monoisotopic (exact) mass is 278 g/mol.